The van der Waals surface area contributed by atoms with E-state index in [4.69, 9.17) is 0 Å². The first-order valence-electron chi connectivity index (χ1n) is 11.1. The second kappa shape index (κ2) is 10.9. The van der Waals surface area contributed by atoms with Gasteiger partial charge >= 0.3 is 0 Å². The second-order valence-corrected chi connectivity index (χ2v) is 8.26. The molecular formula is C25H30FN3O3. The summed E-state index contributed by atoms with van der Waals surface area (Å²) in [6, 6.07) is 11.8. The maximum Gasteiger partial charge on any atom is 0.251 e. The topological polar surface area (TPSA) is 78.5 Å². The van der Waals surface area contributed by atoms with Gasteiger partial charge in [-0.15, -0.1) is 0 Å². The Labute approximate surface area is 188 Å². The van der Waals surface area contributed by atoms with E-state index in [-0.39, 0.29) is 35.3 Å². The molecule has 0 aromatic heterocycles. The van der Waals surface area contributed by atoms with Crippen LogP contribution in [-0.2, 0) is 9.59 Å². The number of nitrogens with one attached hydrogen (secondary N) is 2. The van der Waals surface area contributed by atoms with E-state index in [1.807, 2.05) is 37.3 Å². The normalized spacial score (nSPS) is 15.5. The molecule has 2 N–H and O–H groups in total. The molecule has 32 heavy (non-hydrogen) atoms. The first kappa shape index (κ1) is 23.4. The van der Waals surface area contributed by atoms with E-state index < -0.39 is 17.6 Å². The Morgan fingerprint density at radius 3 is 2.56 bits per heavy atom. The molecule has 0 aliphatic carbocycles. The molecule has 1 heterocycles. The summed E-state index contributed by atoms with van der Waals surface area (Å²) >= 11 is 0. The lowest BCUT2D eigenvalue weighted by molar-refractivity contribution is -0.135. The van der Waals surface area contributed by atoms with Crippen LogP contribution in [0.3, 0.4) is 0 Å². The van der Waals surface area contributed by atoms with Gasteiger partial charge in [-0.2, -0.15) is 0 Å². The second-order valence-electron chi connectivity index (χ2n) is 8.26. The average Bonchev–Trinajstić information content (AvgIpc) is 2.77. The molecule has 0 spiro atoms. The van der Waals surface area contributed by atoms with Crippen molar-refractivity contribution in [3.05, 3.63) is 65.0 Å². The zero-order valence-corrected chi connectivity index (χ0v) is 18.6. The molecule has 2 aromatic rings. The van der Waals surface area contributed by atoms with Crippen LogP contribution in [0.1, 0.15) is 66.6 Å². The lowest BCUT2D eigenvalue weighted by atomic mass is 10.1. The summed E-state index contributed by atoms with van der Waals surface area (Å²) < 4.78 is 14.5. The third kappa shape index (κ3) is 6.15. The van der Waals surface area contributed by atoms with Gasteiger partial charge in [-0.25, -0.2) is 4.39 Å². The van der Waals surface area contributed by atoms with Crippen molar-refractivity contribution in [2.24, 2.45) is 0 Å². The minimum atomic E-state index is -0.581. The maximum atomic E-state index is 14.5. The number of halogens is 1. The quantitative estimate of drug-likeness (QED) is 0.702. The van der Waals surface area contributed by atoms with Crippen molar-refractivity contribution in [3.8, 4) is 0 Å². The Bertz CT molecular complexity index is 978. The van der Waals surface area contributed by atoms with Gasteiger partial charge in [0.2, 0.25) is 11.8 Å². The maximum absolute atomic E-state index is 14.5. The van der Waals surface area contributed by atoms with E-state index in [0.29, 0.717) is 13.0 Å². The van der Waals surface area contributed by atoms with Gasteiger partial charge in [0, 0.05) is 29.8 Å². The van der Waals surface area contributed by atoms with Crippen molar-refractivity contribution < 1.29 is 18.8 Å². The Balaban J connectivity index is 1.69. The van der Waals surface area contributed by atoms with E-state index in [1.54, 1.807) is 11.8 Å². The van der Waals surface area contributed by atoms with Crippen molar-refractivity contribution in [3.63, 3.8) is 0 Å². The largest absolute Gasteiger partial charge is 0.346 e. The van der Waals surface area contributed by atoms with E-state index in [9.17, 15) is 18.8 Å². The fraction of sp³-hybridized carbons (Fsp3) is 0.400. The van der Waals surface area contributed by atoms with Gasteiger partial charge in [0.25, 0.3) is 5.91 Å². The molecule has 1 aliphatic rings. The highest BCUT2D eigenvalue weighted by Gasteiger charge is 2.20. The summed E-state index contributed by atoms with van der Waals surface area (Å²) in [5.41, 5.74) is 1.52. The number of amides is 3. The van der Waals surface area contributed by atoms with Gasteiger partial charge in [-0.1, -0.05) is 43.2 Å². The van der Waals surface area contributed by atoms with Gasteiger partial charge < -0.3 is 15.5 Å². The molecule has 0 saturated carbocycles. The molecular weight excluding hydrogens is 409 g/mol. The predicted molar refractivity (Wildman–Crippen MR) is 122 cm³/mol. The molecule has 0 bridgehead atoms. The van der Waals surface area contributed by atoms with Crippen LogP contribution in [0.25, 0.3) is 0 Å². The number of hydrogen-bond acceptors (Lipinski definition) is 3. The Hall–Kier alpha value is -3.22. The third-order valence-corrected chi connectivity index (χ3v) is 5.78. The fourth-order valence-corrected chi connectivity index (χ4v) is 3.79. The summed E-state index contributed by atoms with van der Waals surface area (Å²) in [6.07, 6.45) is 4.20. The van der Waals surface area contributed by atoms with Crippen LogP contribution in [0.2, 0.25) is 0 Å². The monoisotopic (exact) mass is 439 g/mol. The zero-order chi connectivity index (χ0) is 23.1. The van der Waals surface area contributed by atoms with Crippen LogP contribution in [0.15, 0.2) is 42.5 Å². The number of anilines is 1. The van der Waals surface area contributed by atoms with Gasteiger partial charge in [-0.3, -0.25) is 14.4 Å². The van der Waals surface area contributed by atoms with Gasteiger partial charge in [0.05, 0.1) is 12.6 Å². The molecule has 1 saturated heterocycles. The highest BCUT2D eigenvalue weighted by Crippen LogP contribution is 2.22. The Kier molecular flexibility index (Phi) is 7.98. The number of carbonyl (C=O) groups excluding carboxylic acids is 3. The SMILES string of the molecule is Cc1c(F)cc(C(=O)NC(C)c2ccccc2)cc1NC(=O)CN1CCCCCCC1=O. The standard InChI is InChI=1S/C25H30FN3O3/c1-17-21(26)14-20(25(32)27-18(2)19-10-6-5-7-11-19)15-22(17)28-23(30)16-29-13-9-4-3-8-12-24(29)31/h5-7,10-11,14-15,18H,3-4,8-9,12-13,16H2,1-2H3,(H,27,32)(H,28,30). The minimum absolute atomic E-state index is 0.0363. The lowest BCUT2D eigenvalue weighted by Crippen LogP contribution is -2.39. The van der Waals surface area contributed by atoms with Crippen LogP contribution in [-0.4, -0.2) is 35.7 Å². The predicted octanol–water partition coefficient (Wildman–Crippen LogP) is 4.36. The molecule has 1 unspecified atom stereocenters. The Morgan fingerprint density at radius 2 is 1.81 bits per heavy atom. The van der Waals surface area contributed by atoms with Crippen LogP contribution in [0.5, 0.6) is 0 Å². The molecule has 1 atom stereocenters. The molecule has 6 nitrogen and oxygen atoms in total. The molecule has 7 heteroatoms. The van der Waals surface area contributed by atoms with Gasteiger partial charge in [0.1, 0.15) is 5.82 Å². The van der Waals surface area contributed by atoms with Crippen molar-refractivity contribution in [2.45, 2.75) is 52.0 Å². The smallest absolute Gasteiger partial charge is 0.251 e. The van der Waals surface area contributed by atoms with Gasteiger partial charge in [-0.05, 0) is 44.4 Å². The average molecular weight is 440 g/mol. The zero-order valence-electron chi connectivity index (χ0n) is 18.6. The van der Waals surface area contributed by atoms with Gasteiger partial charge in [0.15, 0.2) is 0 Å². The van der Waals surface area contributed by atoms with Crippen LogP contribution in [0.4, 0.5) is 10.1 Å². The molecule has 0 radical (unpaired) electrons. The number of nitrogens with zero attached hydrogens (tertiary/aromatic N) is 1. The number of likely N-dealkylation sites (tertiary alicyclic amines) is 1. The first-order chi connectivity index (χ1) is 15.3. The third-order valence-electron chi connectivity index (χ3n) is 5.78. The number of carbonyl (C=O) groups is 3. The molecule has 3 amide bonds. The number of benzene rings is 2. The van der Waals surface area contributed by atoms with Crippen molar-refractivity contribution in [2.75, 3.05) is 18.4 Å². The summed E-state index contributed by atoms with van der Waals surface area (Å²) in [6.45, 7) is 3.85. The molecule has 170 valence electrons. The van der Waals surface area contributed by atoms with E-state index in [1.165, 1.54) is 12.1 Å². The van der Waals surface area contributed by atoms with E-state index in [0.717, 1.165) is 31.2 Å². The summed E-state index contributed by atoms with van der Waals surface area (Å²) in [7, 11) is 0. The first-order valence-corrected chi connectivity index (χ1v) is 11.1. The van der Waals surface area contributed by atoms with Crippen LogP contribution >= 0.6 is 0 Å². The lowest BCUT2D eigenvalue weighted by Gasteiger charge is -2.24. The van der Waals surface area contributed by atoms with Crippen molar-refractivity contribution in [1.82, 2.24) is 10.2 Å². The fourth-order valence-electron chi connectivity index (χ4n) is 3.79. The molecule has 3 rings (SSSR count). The van der Waals surface area contributed by atoms with E-state index >= 15 is 0 Å². The minimum Gasteiger partial charge on any atom is -0.346 e. The number of rotatable bonds is 6. The van der Waals surface area contributed by atoms with Crippen molar-refractivity contribution in [1.29, 1.82) is 0 Å². The summed E-state index contributed by atoms with van der Waals surface area (Å²) in [5.74, 6) is -1.46. The highest BCUT2D eigenvalue weighted by atomic mass is 19.1. The Morgan fingerprint density at radius 1 is 1.09 bits per heavy atom. The van der Waals surface area contributed by atoms with Crippen LogP contribution in [0, 0.1) is 12.7 Å². The molecule has 1 fully saturated rings. The van der Waals surface area contributed by atoms with Crippen LogP contribution < -0.4 is 10.6 Å². The summed E-state index contributed by atoms with van der Waals surface area (Å²) in [5, 5.41) is 5.54. The summed E-state index contributed by atoms with van der Waals surface area (Å²) in [4.78, 5) is 39.1. The van der Waals surface area contributed by atoms with Crippen molar-refractivity contribution >= 4 is 23.4 Å². The highest BCUT2D eigenvalue weighted by molar-refractivity contribution is 5.99. The number of hydrogen-bond donors (Lipinski definition) is 2. The molecule has 1 aliphatic heterocycles. The molecule has 2 aromatic carbocycles. The van der Waals surface area contributed by atoms with E-state index in [2.05, 4.69) is 10.6 Å².